The van der Waals surface area contributed by atoms with Gasteiger partial charge in [-0.2, -0.15) is 9.97 Å². The van der Waals surface area contributed by atoms with E-state index in [1.54, 1.807) is 0 Å². The van der Waals surface area contributed by atoms with Gasteiger partial charge in [-0.3, -0.25) is 4.57 Å². The average Bonchev–Trinajstić information content (AvgIpc) is 3.52. The predicted molar refractivity (Wildman–Crippen MR) is 162 cm³/mol. The van der Waals surface area contributed by atoms with E-state index >= 15 is 0 Å². The van der Waals surface area contributed by atoms with Crippen LogP contribution in [0.15, 0.2) is 114 Å². The first kappa shape index (κ1) is 22.7. The highest BCUT2D eigenvalue weighted by Crippen LogP contribution is 2.44. The number of aryl methyl sites for hydroxylation is 2. The minimum Gasteiger partial charge on any atom is -0.459 e. The number of hydrogen-bond acceptors (Lipinski definition) is 4. The molecule has 0 saturated heterocycles. The number of rotatable bonds is 3. The average molecular weight is 517 g/mol. The molecule has 0 fully saturated rings. The first-order valence-corrected chi connectivity index (χ1v) is 13.4. The summed E-state index contributed by atoms with van der Waals surface area (Å²) in [5, 5.41) is 5.77. The van der Waals surface area contributed by atoms with Crippen molar-refractivity contribution in [3.63, 3.8) is 0 Å². The summed E-state index contributed by atoms with van der Waals surface area (Å²) in [6.45, 7) is 4.17. The Morgan fingerprint density at radius 3 is 1.70 bits per heavy atom. The molecule has 0 atom stereocenters. The van der Waals surface area contributed by atoms with Crippen LogP contribution in [-0.2, 0) is 0 Å². The Morgan fingerprint density at radius 1 is 0.550 bits per heavy atom. The van der Waals surface area contributed by atoms with Crippen LogP contribution in [-0.4, -0.2) is 19.5 Å². The summed E-state index contributed by atoms with van der Waals surface area (Å²) >= 11 is 0. The zero-order valence-corrected chi connectivity index (χ0v) is 22.1. The number of furan rings is 1. The van der Waals surface area contributed by atoms with Gasteiger partial charge in [0.25, 0.3) is 0 Å². The predicted octanol–water partition coefficient (Wildman–Crippen LogP) is 8.82. The normalized spacial score (nSPS) is 11.8. The van der Waals surface area contributed by atoms with Crippen molar-refractivity contribution in [1.82, 2.24) is 19.5 Å². The van der Waals surface area contributed by atoms with E-state index in [-0.39, 0.29) is 0 Å². The van der Waals surface area contributed by atoms with E-state index in [0.29, 0.717) is 17.6 Å². The van der Waals surface area contributed by atoms with Crippen LogP contribution in [0.25, 0.3) is 72.3 Å². The second-order valence-corrected chi connectivity index (χ2v) is 10.1. The molecule has 0 aliphatic heterocycles. The highest BCUT2D eigenvalue weighted by Gasteiger charge is 2.24. The molecule has 3 heterocycles. The van der Waals surface area contributed by atoms with Gasteiger partial charge in [-0.1, -0.05) is 103 Å². The zero-order chi connectivity index (χ0) is 26.8. The Labute approximate surface area is 230 Å². The van der Waals surface area contributed by atoms with Gasteiger partial charge in [0, 0.05) is 27.3 Å². The van der Waals surface area contributed by atoms with Crippen LogP contribution >= 0.6 is 0 Å². The van der Waals surface area contributed by atoms with Gasteiger partial charge in [-0.25, -0.2) is 4.98 Å². The van der Waals surface area contributed by atoms with Crippen LogP contribution in [0.1, 0.15) is 11.3 Å². The molecule has 0 unspecified atom stereocenters. The molecule has 5 heteroatoms. The third-order valence-electron chi connectivity index (χ3n) is 7.83. The van der Waals surface area contributed by atoms with Crippen molar-refractivity contribution in [2.24, 2.45) is 0 Å². The first-order valence-electron chi connectivity index (χ1n) is 13.4. The monoisotopic (exact) mass is 516 g/mol. The Bertz CT molecular complexity index is 2170. The summed E-state index contributed by atoms with van der Waals surface area (Å²) < 4.78 is 8.70. The Morgan fingerprint density at radius 2 is 1.07 bits per heavy atom. The fourth-order valence-corrected chi connectivity index (χ4v) is 5.87. The molecule has 3 aromatic heterocycles. The molecule has 0 saturated carbocycles. The van der Waals surface area contributed by atoms with Crippen molar-refractivity contribution in [1.29, 1.82) is 0 Å². The minimum absolute atomic E-state index is 0.558. The van der Waals surface area contributed by atoms with E-state index < -0.39 is 0 Å². The van der Waals surface area contributed by atoms with Gasteiger partial charge < -0.3 is 4.42 Å². The molecule has 5 nitrogen and oxygen atoms in total. The number of para-hydroxylation sites is 1. The topological polar surface area (TPSA) is 56.7 Å². The molecular weight excluding hydrogens is 492 g/mol. The fourth-order valence-electron chi connectivity index (χ4n) is 5.87. The maximum Gasteiger partial charge on any atom is 0.238 e. The van der Waals surface area contributed by atoms with E-state index in [1.165, 1.54) is 10.8 Å². The molecule has 190 valence electrons. The molecule has 5 aromatic carbocycles. The molecule has 0 spiro atoms. The van der Waals surface area contributed by atoms with Crippen LogP contribution in [0.4, 0.5) is 0 Å². The van der Waals surface area contributed by atoms with Gasteiger partial charge >= 0.3 is 0 Å². The SMILES string of the molecule is Cc1oc2c(c1C)c1ccccc1c1c3ccccc3n(-c3nc(-c4ccccc4)nc(-c4ccccc4)n3)c21. The molecule has 8 aromatic rings. The van der Waals surface area contributed by atoms with Crippen LogP contribution in [0.3, 0.4) is 0 Å². The second-order valence-electron chi connectivity index (χ2n) is 10.1. The summed E-state index contributed by atoms with van der Waals surface area (Å²) in [5.74, 6) is 2.72. The van der Waals surface area contributed by atoms with Gasteiger partial charge in [0.2, 0.25) is 5.95 Å². The van der Waals surface area contributed by atoms with Gasteiger partial charge in [0.15, 0.2) is 17.2 Å². The Balaban J connectivity index is 1.58. The lowest BCUT2D eigenvalue weighted by molar-refractivity contribution is 0.577. The molecule has 0 amide bonds. The third-order valence-corrected chi connectivity index (χ3v) is 7.83. The Kier molecular flexibility index (Phi) is 4.88. The molecule has 0 radical (unpaired) electrons. The fraction of sp³-hybridized carbons (Fsp3) is 0.0571. The Hall–Kier alpha value is -5.29. The van der Waals surface area contributed by atoms with Gasteiger partial charge in [-0.05, 0) is 36.2 Å². The van der Waals surface area contributed by atoms with E-state index in [4.69, 9.17) is 19.4 Å². The largest absolute Gasteiger partial charge is 0.459 e. The zero-order valence-electron chi connectivity index (χ0n) is 22.1. The van der Waals surface area contributed by atoms with E-state index in [2.05, 4.69) is 60.0 Å². The second kappa shape index (κ2) is 8.61. The lowest BCUT2D eigenvalue weighted by Crippen LogP contribution is -2.06. The lowest BCUT2D eigenvalue weighted by atomic mass is 9.98. The lowest BCUT2D eigenvalue weighted by Gasteiger charge is -2.11. The van der Waals surface area contributed by atoms with Crippen molar-refractivity contribution >= 4 is 43.5 Å². The highest BCUT2D eigenvalue weighted by molar-refractivity contribution is 6.31. The molecular formula is C35H24N4O. The van der Waals surface area contributed by atoms with Crippen LogP contribution in [0.5, 0.6) is 0 Å². The quantitative estimate of drug-likeness (QED) is 0.235. The summed E-state index contributed by atoms with van der Waals surface area (Å²) in [4.78, 5) is 15.1. The number of nitrogens with zero attached hydrogens (tertiary/aromatic N) is 4. The van der Waals surface area contributed by atoms with Crippen molar-refractivity contribution in [3.8, 4) is 28.7 Å². The molecule has 0 N–H and O–H groups in total. The van der Waals surface area contributed by atoms with Crippen LogP contribution < -0.4 is 0 Å². The van der Waals surface area contributed by atoms with Crippen molar-refractivity contribution in [2.45, 2.75) is 13.8 Å². The summed E-state index contributed by atoms with van der Waals surface area (Å²) in [7, 11) is 0. The molecule has 0 bridgehead atoms. The number of fused-ring (bicyclic) bond motifs is 8. The molecule has 40 heavy (non-hydrogen) atoms. The first-order chi connectivity index (χ1) is 19.7. The van der Waals surface area contributed by atoms with Crippen molar-refractivity contribution in [3.05, 3.63) is 121 Å². The van der Waals surface area contributed by atoms with Gasteiger partial charge in [0.05, 0.1) is 5.52 Å². The van der Waals surface area contributed by atoms with E-state index in [0.717, 1.165) is 55.2 Å². The van der Waals surface area contributed by atoms with Gasteiger partial charge in [-0.15, -0.1) is 0 Å². The number of hydrogen-bond donors (Lipinski definition) is 0. The van der Waals surface area contributed by atoms with Gasteiger partial charge in [0.1, 0.15) is 11.3 Å². The van der Waals surface area contributed by atoms with E-state index in [9.17, 15) is 0 Å². The third kappa shape index (κ3) is 3.24. The number of aromatic nitrogens is 4. The van der Waals surface area contributed by atoms with Crippen molar-refractivity contribution in [2.75, 3.05) is 0 Å². The van der Waals surface area contributed by atoms with Crippen LogP contribution in [0, 0.1) is 13.8 Å². The summed E-state index contributed by atoms with van der Waals surface area (Å²) in [6.07, 6.45) is 0. The van der Waals surface area contributed by atoms with E-state index in [1.807, 2.05) is 67.6 Å². The maximum atomic E-state index is 6.55. The highest BCUT2D eigenvalue weighted by atomic mass is 16.3. The standard InChI is InChI=1S/C35H24N4O/c1-21-22(2)40-32-29(21)25-17-9-10-18-26(25)30-27-19-11-12-20-28(27)39(31(30)32)35-37-33(23-13-5-3-6-14-23)36-34(38-35)24-15-7-4-8-16-24/h3-20H,1-2H3. The summed E-state index contributed by atoms with van der Waals surface area (Å²) in [6, 6.07) is 37.2. The molecule has 0 aliphatic rings. The minimum atomic E-state index is 0.558. The molecule has 0 aliphatic carbocycles. The summed E-state index contributed by atoms with van der Waals surface area (Å²) in [5.41, 5.74) is 5.86. The van der Waals surface area contributed by atoms with Crippen molar-refractivity contribution < 1.29 is 4.42 Å². The van der Waals surface area contributed by atoms with Crippen LogP contribution in [0.2, 0.25) is 0 Å². The maximum absolute atomic E-state index is 6.55. The molecule has 8 rings (SSSR count). The smallest absolute Gasteiger partial charge is 0.238 e. The number of benzene rings is 5.